The molecule has 0 bridgehead atoms. The summed E-state index contributed by atoms with van der Waals surface area (Å²) in [4.78, 5) is 0. The third kappa shape index (κ3) is 3.48. The molecule has 5 rings (SSSR count). The van der Waals surface area contributed by atoms with Gasteiger partial charge in [0.25, 0.3) is 0 Å². The molecule has 0 amide bonds. The number of rotatable bonds is 4. The first-order chi connectivity index (χ1) is 14.7. The first-order valence-corrected chi connectivity index (χ1v) is 11.1. The molecular weight excluding hydrogens is 360 g/mol. The van der Waals surface area contributed by atoms with Crippen molar-refractivity contribution in [3.05, 3.63) is 108 Å². The van der Waals surface area contributed by atoms with Crippen molar-refractivity contribution in [3.63, 3.8) is 0 Å². The third-order valence-electron chi connectivity index (χ3n) is 6.64. The minimum atomic E-state index is 0.674. The van der Waals surface area contributed by atoms with Crippen LogP contribution in [0.3, 0.4) is 0 Å². The molecule has 1 aliphatic rings. The molecule has 0 unspecified atom stereocenters. The van der Waals surface area contributed by atoms with Gasteiger partial charge in [-0.05, 0) is 77.1 Å². The van der Waals surface area contributed by atoms with Gasteiger partial charge in [-0.2, -0.15) is 0 Å². The predicted molar refractivity (Wildman–Crippen MR) is 129 cm³/mol. The molecule has 1 aliphatic carbocycles. The largest absolute Gasteiger partial charge is 0.0620 e. The van der Waals surface area contributed by atoms with Gasteiger partial charge in [0, 0.05) is 0 Å². The minimum Gasteiger partial charge on any atom is -0.0620 e. The monoisotopic (exact) mass is 388 g/mol. The molecule has 4 aromatic rings. The van der Waals surface area contributed by atoms with Crippen LogP contribution in [0.5, 0.6) is 0 Å². The van der Waals surface area contributed by atoms with Crippen molar-refractivity contribution in [2.24, 2.45) is 0 Å². The molecule has 0 saturated heterocycles. The Morgan fingerprint density at radius 1 is 0.533 bits per heavy atom. The zero-order valence-electron chi connectivity index (χ0n) is 17.9. The Morgan fingerprint density at radius 3 is 1.73 bits per heavy atom. The SMILES string of the molecule is Cc1ccc(-c2ccc(-c3cccc(-c4ccccc4C)c3C3CCC3)cc2)cc1. The molecule has 4 aromatic carbocycles. The van der Waals surface area contributed by atoms with E-state index in [0.29, 0.717) is 5.92 Å². The lowest BCUT2D eigenvalue weighted by atomic mass is 9.74. The van der Waals surface area contributed by atoms with Crippen LogP contribution < -0.4 is 0 Å². The highest BCUT2D eigenvalue weighted by atomic mass is 14.3. The molecule has 0 heteroatoms. The Kier molecular flexibility index (Phi) is 5.01. The lowest BCUT2D eigenvalue weighted by molar-refractivity contribution is 0.421. The molecule has 0 atom stereocenters. The smallest absolute Gasteiger partial charge is 0.0140 e. The minimum absolute atomic E-state index is 0.674. The van der Waals surface area contributed by atoms with Crippen molar-refractivity contribution >= 4 is 0 Å². The van der Waals surface area contributed by atoms with Crippen molar-refractivity contribution < 1.29 is 0 Å². The van der Waals surface area contributed by atoms with Crippen LogP contribution in [0, 0.1) is 13.8 Å². The lowest BCUT2D eigenvalue weighted by Crippen LogP contribution is -2.11. The summed E-state index contributed by atoms with van der Waals surface area (Å²) in [6.45, 7) is 4.36. The van der Waals surface area contributed by atoms with E-state index in [2.05, 4.69) is 105 Å². The van der Waals surface area contributed by atoms with Gasteiger partial charge in [0.15, 0.2) is 0 Å². The number of aryl methyl sites for hydroxylation is 2. The van der Waals surface area contributed by atoms with Crippen LogP contribution in [0.4, 0.5) is 0 Å². The Morgan fingerprint density at radius 2 is 1.10 bits per heavy atom. The molecule has 148 valence electrons. The van der Waals surface area contributed by atoms with Crippen LogP contribution in [0.2, 0.25) is 0 Å². The van der Waals surface area contributed by atoms with Crippen LogP contribution in [0.25, 0.3) is 33.4 Å². The molecule has 1 fully saturated rings. The molecule has 0 heterocycles. The van der Waals surface area contributed by atoms with Crippen molar-refractivity contribution in [2.45, 2.75) is 39.0 Å². The standard InChI is InChI=1S/C30H28/c1-21-13-15-23(16-14-21)24-17-19-25(20-18-24)28-11-6-12-29(30(28)26-8-5-9-26)27-10-4-3-7-22(27)2/h3-4,6-7,10-20,26H,5,8-9H2,1-2H3. The Bertz CT molecular complexity index is 1160. The van der Waals surface area contributed by atoms with Gasteiger partial charge in [-0.25, -0.2) is 0 Å². The zero-order valence-corrected chi connectivity index (χ0v) is 17.9. The van der Waals surface area contributed by atoms with Gasteiger partial charge in [-0.1, -0.05) is 103 Å². The maximum atomic E-state index is 2.32. The van der Waals surface area contributed by atoms with Gasteiger partial charge < -0.3 is 0 Å². The fraction of sp³-hybridized carbons (Fsp3) is 0.200. The maximum Gasteiger partial charge on any atom is -0.0140 e. The van der Waals surface area contributed by atoms with E-state index >= 15 is 0 Å². The molecule has 0 nitrogen and oxygen atoms in total. The first-order valence-electron chi connectivity index (χ1n) is 11.1. The van der Waals surface area contributed by atoms with Gasteiger partial charge in [0.05, 0.1) is 0 Å². The molecular formula is C30H28. The number of benzene rings is 4. The second-order valence-corrected chi connectivity index (χ2v) is 8.65. The number of hydrogen-bond donors (Lipinski definition) is 0. The van der Waals surface area contributed by atoms with E-state index in [4.69, 9.17) is 0 Å². The molecule has 1 saturated carbocycles. The van der Waals surface area contributed by atoms with Crippen LogP contribution in [0.15, 0.2) is 91.0 Å². The Hall–Kier alpha value is -3.12. The highest BCUT2D eigenvalue weighted by Crippen LogP contribution is 2.46. The van der Waals surface area contributed by atoms with Gasteiger partial charge in [0.2, 0.25) is 0 Å². The highest BCUT2D eigenvalue weighted by Gasteiger charge is 2.26. The number of hydrogen-bond acceptors (Lipinski definition) is 0. The van der Waals surface area contributed by atoms with Crippen LogP contribution in [0.1, 0.15) is 41.9 Å². The second kappa shape index (κ2) is 7.95. The fourth-order valence-corrected chi connectivity index (χ4v) is 4.65. The average Bonchev–Trinajstić information content (AvgIpc) is 2.74. The summed E-state index contributed by atoms with van der Waals surface area (Å²) >= 11 is 0. The van der Waals surface area contributed by atoms with Gasteiger partial charge >= 0.3 is 0 Å². The average molecular weight is 389 g/mol. The molecule has 0 N–H and O–H groups in total. The van der Waals surface area contributed by atoms with E-state index in [1.807, 2.05) is 0 Å². The van der Waals surface area contributed by atoms with Crippen molar-refractivity contribution in [3.8, 4) is 33.4 Å². The van der Waals surface area contributed by atoms with Crippen molar-refractivity contribution in [1.29, 1.82) is 0 Å². The second-order valence-electron chi connectivity index (χ2n) is 8.65. The van der Waals surface area contributed by atoms with Crippen LogP contribution in [-0.4, -0.2) is 0 Å². The molecule has 0 aromatic heterocycles. The summed E-state index contributed by atoms with van der Waals surface area (Å²) in [5, 5.41) is 0. The summed E-state index contributed by atoms with van der Waals surface area (Å²) < 4.78 is 0. The van der Waals surface area contributed by atoms with Crippen molar-refractivity contribution in [2.75, 3.05) is 0 Å². The van der Waals surface area contributed by atoms with Crippen LogP contribution in [-0.2, 0) is 0 Å². The third-order valence-corrected chi connectivity index (χ3v) is 6.64. The molecule has 0 aliphatic heterocycles. The Labute approximate surface area is 180 Å². The molecule has 0 spiro atoms. The summed E-state index contributed by atoms with van der Waals surface area (Å²) in [7, 11) is 0. The van der Waals surface area contributed by atoms with Gasteiger partial charge in [-0.3, -0.25) is 0 Å². The summed E-state index contributed by atoms with van der Waals surface area (Å²) in [6.07, 6.45) is 3.95. The summed E-state index contributed by atoms with van der Waals surface area (Å²) in [6, 6.07) is 33.6. The van der Waals surface area contributed by atoms with Crippen molar-refractivity contribution in [1.82, 2.24) is 0 Å². The van der Waals surface area contributed by atoms with Crippen LogP contribution >= 0.6 is 0 Å². The van der Waals surface area contributed by atoms with E-state index in [9.17, 15) is 0 Å². The van der Waals surface area contributed by atoms with Gasteiger partial charge in [-0.15, -0.1) is 0 Å². The zero-order chi connectivity index (χ0) is 20.5. The summed E-state index contributed by atoms with van der Waals surface area (Å²) in [5.41, 5.74) is 12.3. The maximum absolute atomic E-state index is 2.32. The van der Waals surface area contributed by atoms with E-state index in [-0.39, 0.29) is 0 Å². The quantitative estimate of drug-likeness (QED) is 0.328. The van der Waals surface area contributed by atoms with E-state index in [1.165, 1.54) is 63.8 Å². The normalized spacial score (nSPS) is 13.8. The Balaban J connectivity index is 1.60. The summed E-state index contributed by atoms with van der Waals surface area (Å²) in [5.74, 6) is 0.674. The van der Waals surface area contributed by atoms with E-state index < -0.39 is 0 Å². The topological polar surface area (TPSA) is 0 Å². The van der Waals surface area contributed by atoms with Gasteiger partial charge in [0.1, 0.15) is 0 Å². The first kappa shape index (κ1) is 18.9. The van der Waals surface area contributed by atoms with E-state index in [1.54, 1.807) is 5.56 Å². The highest BCUT2D eigenvalue weighted by molar-refractivity contribution is 5.82. The predicted octanol–water partition coefficient (Wildman–Crippen LogP) is 8.57. The van der Waals surface area contributed by atoms with E-state index in [0.717, 1.165) is 0 Å². The molecule has 30 heavy (non-hydrogen) atoms. The lowest BCUT2D eigenvalue weighted by Gasteiger charge is -2.31. The molecule has 0 radical (unpaired) electrons. The fourth-order valence-electron chi connectivity index (χ4n) is 4.65.